The summed E-state index contributed by atoms with van der Waals surface area (Å²) in [5.74, 6) is -1.47. The van der Waals surface area contributed by atoms with Gasteiger partial charge in [0.05, 0.1) is 17.4 Å². The third-order valence-electron chi connectivity index (χ3n) is 8.15. The molecule has 0 unspecified atom stereocenters. The Labute approximate surface area is 230 Å². The number of benzene rings is 1. The van der Waals surface area contributed by atoms with Crippen LogP contribution in [-0.4, -0.2) is 78.3 Å². The number of fused-ring (bicyclic) bond motifs is 1. The lowest BCUT2D eigenvalue weighted by Crippen LogP contribution is -2.65. The highest BCUT2D eigenvalue weighted by Crippen LogP contribution is 2.49. The highest BCUT2D eigenvalue weighted by atomic mass is 19.4. The van der Waals surface area contributed by atoms with E-state index < -0.39 is 42.0 Å². The van der Waals surface area contributed by atoms with Crippen LogP contribution >= 0.6 is 0 Å². The normalized spacial score (nSPS) is 23.0. The van der Waals surface area contributed by atoms with Gasteiger partial charge in [-0.25, -0.2) is 9.50 Å². The minimum atomic E-state index is -4.76. The van der Waals surface area contributed by atoms with Gasteiger partial charge in [0.25, 0.3) is 5.91 Å². The van der Waals surface area contributed by atoms with Crippen LogP contribution < -0.4 is 0 Å². The van der Waals surface area contributed by atoms with E-state index >= 15 is 0 Å². The van der Waals surface area contributed by atoms with Crippen LogP contribution in [0.1, 0.15) is 68.1 Å². The smallest absolute Gasteiger partial charge is 0.380 e. The number of carbonyl (C=O) groups excluding carboxylic acids is 2. The average molecular weight is 558 g/mol. The van der Waals surface area contributed by atoms with Gasteiger partial charge in [0.1, 0.15) is 5.69 Å². The maximum atomic E-state index is 13.7. The van der Waals surface area contributed by atoms with Crippen LogP contribution in [0.3, 0.4) is 0 Å². The van der Waals surface area contributed by atoms with Crippen LogP contribution in [0.15, 0.2) is 36.5 Å². The number of piperazine rings is 1. The maximum absolute atomic E-state index is 13.7. The highest BCUT2D eigenvalue weighted by molar-refractivity contribution is 5.94. The second-order valence-electron chi connectivity index (χ2n) is 12.1. The van der Waals surface area contributed by atoms with Gasteiger partial charge in [0.15, 0.2) is 11.2 Å². The van der Waals surface area contributed by atoms with Crippen molar-refractivity contribution in [2.75, 3.05) is 19.6 Å². The number of halogens is 3. The van der Waals surface area contributed by atoms with Gasteiger partial charge in [-0.1, -0.05) is 43.7 Å². The number of aromatic nitrogens is 3. The molecule has 1 saturated heterocycles. The van der Waals surface area contributed by atoms with Gasteiger partial charge in [-0.3, -0.25) is 9.59 Å². The number of rotatable bonds is 4. The Morgan fingerprint density at radius 1 is 1.10 bits per heavy atom. The lowest BCUT2D eigenvalue weighted by atomic mass is 9.69. The molecule has 8 nitrogen and oxygen atoms in total. The highest BCUT2D eigenvalue weighted by Gasteiger charge is 2.63. The molecular weight excluding hydrogens is 523 g/mol. The van der Waals surface area contributed by atoms with Crippen molar-refractivity contribution in [1.82, 2.24) is 24.4 Å². The number of amides is 2. The summed E-state index contributed by atoms with van der Waals surface area (Å²) in [4.78, 5) is 34.4. The van der Waals surface area contributed by atoms with Gasteiger partial charge in [-0.05, 0) is 45.6 Å². The van der Waals surface area contributed by atoms with Gasteiger partial charge in [0, 0.05) is 36.7 Å². The SMILES string of the molecule is Cc1ccc(-c2cc(C(C)C)c3nc(C(=O)N4CCN(C(=O)C5CC(O)(C(F)(F)F)C5)CC4(C)C)cn3n2)cc1. The van der Waals surface area contributed by atoms with Crippen LogP contribution in [-0.2, 0) is 4.79 Å². The Bertz CT molecular complexity index is 1460. The predicted octanol–water partition coefficient (Wildman–Crippen LogP) is 4.59. The summed E-state index contributed by atoms with van der Waals surface area (Å²) in [6, 6.07) is 10.1. The summed E-state index contributed by atoms with van der Waals surface area (Å²) >= 11 is 0. The molecule has 1 saturated carbocycles. The summed E-state index contributed by atoms with van der Waals surface area (Å²) in [5, 5.41) is 14.5. The molecule has 11 heteroatoms. The number of hydrogen-bond donors (Lipinski definition) is 1. The fraction of sp³-hybridized carbons (Fsp3) is 0.517. The van der Waals surface area contributed by atoms with Crippen molar-refractivity contribution >= 4 is 17.5 Å². The van der Waals surface area contributed by atoms with Crippen LogP contribution in [0.25, 0.3) is 16.9 Å². The molecule has 0 atom stereocenters. The standard InChI is InChI=1S/C29H34F3N5O3/c1-17(2)21-12-22(19-8-6-18(3)7-9-19)34-37-15-23(33-24(21)37)26(39)36-11-10-35(16-27(36,4)5)25(38)20-13-28(40,14-20)29(30,31)32/h6-9,12,15,17,20,40H,10-11,13-14,16H2,1-5H3. The first-order valence-electron chi connectivity index (χ1n) is 13.5. The Hall–Kier alpha value is -3.47. The second-order valence-corrected chi connectivity index (χ2v) is 12.1. The second kappa shape index (κ2) is 9.57. The largest absolute Gasteiger partial charge is 0.417 e. The zero-order valence-corrected chi connectivity index (χ0v) is 23.3. The molecule has 0 bridgehead atoms. The Balaban J connectivity index is 1.35. The number of alkyl halides is 3. The van der Waals surface area contributed by atoms with E-state index in [0.29, 0.717) is 5.65 Å². The fourth-order valence-corrected chi connectivity index (χ4v) is 5.67. The van der Waals surface area contributed by atoms with E-state index in [1.165, 1.54) is 4.90 Å². The molecule has 1 aromatic carbocycles. The Morgan fingerprint density at radius 3 is 2.33 bits per heavy atom. The van der Waals surface area contributed by atoms with E-state index in [2.05, 4.69) is 18.8 Å². The van der Waals surface area contributed by atoms with Crippen molar-refractivity contribution in [1.29, 1.82) is 0 Å². The van der Waals surface area contributed by atoms with Gasteiger partial charge < -0.3 is 14.9 Å². The molecule has 40 heavy (non-hydrogen) atoms. The summed E-state index contributed by atoms with van der Waals surface area (Å²) < 4.78 is 40.7. The number of aliphatic hydroxyl groups is 1. The van der Waals surface area contributed by atoms with Gasteiger partial charge >= 0.3 is 6.18 Å². The molecular formula is C29H34F3N5O3. The molecule has 5 rings (SSSR count). The molecule has 0 spiro atoms. The van der Waals surface area contributed by atoms with Gasteiger partial charge in [0.2, 0.25) is 5.91 Å². The topological polar surface area (TPSA) is 91.0 Å². The number of nitrogens with zero attached hydrogens (tertiary/aromatic N) is 5. The van der Waals surface area contributed by atoms with Crippen molar-refractivity contribution in [2.24, 2.45) is 5.92 Å². The fourth-order valence-electron chi connectivity index (χ4n) is 5.67. The van der Waals surface area contributed by atoms with E-state index in [1.54, 1.807) is 15.6 Å². The van der Waals surface area contributed by atoms with Crippen LogP contribution in [0.4, 0.5) is 13.2 Å². The lowest BCUT2D eigenvalue weighted by molar-refractivity contribution is -0.297. The molecule has 1 aliphatic carbocycles. The van der Waals surface area contributed by atoms with Crippen molar-refractivity contribution in [2.45, 2.75) is 70.7 Å². The number of imidazole rings is 1. The molecule has 214 valence electrons. The maximum Gasteiger partial charge on any atom is 0.417 e. The monoisotopic (exact) mass is 557 g/mol. The summed E-state index contributed by atoms with van der Waals surface area (Å²) in [6.45, 7) is 10.3. The van der Waals surface area contributed by atoms with Crippen LogP contribution in [0.5, 0.6) is 0 Å². The Kier molecular flexibility index (Phi) is 6.72. The lowest BCUT2D eigenvalue weighted by Gasteiger charge is -2.50. The molecule has 1 N–H and O–H groups in total. The molecule has 0 radical (unpaired) electrons. The first-order chi connectivity index (χ1) is 18.6. The van der Waals surface area contributed by atoms with E-state index in [1.807, 2.05) is 51.1 Å². The van der Waals surface area contributed by atoms with Crippen molar-refractivity contribution in [3.63, 3.8) is 0 Å². The number of carbonyl (C=O) groups is 2. The summed E-state index contributed by atoms with van der Waals surface area (Å²) in [7, 11) is 0. The van der Waals surface area contributed by atoms with E-state index in [-0.39, 0.29) is 37.2 Å². The Morgan fingerprint density at radius 2 is 1.75 bits per heavy atom. The summed E-state index contributed by atoms with van der Waals surface area (Å²) in [5.41, 5.74) is 1.08. The van der Waals surface area contributed by atoms with Crippen molar-refractivity contribution in [3.8, 4) is 11.3 Å². The predicted molar refractivity (Wildman–Crippen MR) is 143 cm³/mol. The quantitative estimate of drug-likeness (QED) is 0.507. The van der Waals surface area contributed by atoms with Crippen LogP contribution in [0, 0.1) is 12.8 Å². The first-order valence-corrected chi connectivity index (χ1v) is 13.5. The molecule has 1 aliphatic heterocycles. The molecule has 3 aromatic rings. The third-order valence-corrected chi connectivity index (χ3v) is 8.15. The van der Waals surface area contributed by atoms with E-state index in [4.69, 9.17) is 5.10 Å². The number of aryl methyl sites for hydroxylation is 1. The van der Waals surface area contributed by atoms with Crippen LogP contribution in [0.2, 0.25) is 0 Å². The third kappa shape index (κ3) is 4.84. The molecule has 3 heterocycles. The molecule has 2 aromatic heterocycles. The first kappa shape index (κ1) is 28.1. The van der Waals surface area contributed by atoms with Gasteiger partial charge in [-0.15, -0.1) is 0 Å². The van der Waals surface area contributed by atoms with Crippen molar-refractivity contribution < 1.29 is 27.9 Å². The van der Waals surface area contributed by atoms with E-state index in [0.717, 1.165) is 22.4 Å². The summed E-state index contributed by atoms with van der Waals surface area (Å²) in [6.07, 6.45) is -4.40. The van der Waals surface area contributed by atoms with Crippen molar-refractivity contribution in [3.05, 3.63) is 53.3 Å². The minimum Gasteiger partial charge on any atom is -0.380 e. The number of hydrogen-bond acceptors (Lipinski definition) is 5. The molecule has 2 aliphatic rings. The average Bonchev–Trinajstić information content (AvgIpc) is 3.28. The zero-order valence-electron chi connectivity index (χ0n) is 23.3. The minimum absolute atomic E-state index is 0.132. The molecule has 2 fully saturated rings. The van der Waals surface area contributed by atoms with E-state index in [9.17, 15) is 27.9 Å². The van der Waals surface area contributed by atoms with Gasteiger partial charge in [-0.2, -0.15) is 18.3 Å². The molecule has 2 amide bonds. The zero-order chi connectivity index (χ0) is 29.2.